The van der Waals surface area contributed by atoms with Crippen LogP contribution in [-0.2, 0) is 0 Å². The third kappa shape index (κ3) is 5.74. The molecule has 0 amide bonds. The van der Waals surface area contributed by atoms with Crippen LogP contribution in [0.2, 0.25) is 0 Å². The molecule has 57 heavy (non-hydrogen) atoms. The van der Waals surface area contributed by atoms with Crippen molar-refractivity contribution in [3.63, 3.8) is 0 Å². The Morgan fingerprint density at radius 1 is 0.316 bits per heavy atom. The summed E-state index contributed by atoms with van der Waals surface area (Å²) >= 11 is 0. The molecule has 3 aromatic heterocycles. The summed E-state index contributed by atoms with van der Waals surface area (Å²) in [5.41, 5.74) is 13.8. The van der Waals surface area contributed by atoms with Gasteiger partial charge in [-0.05, 0) is 47.0 Å². The van der Waals surface area contributed by atoms with Gasteiger partial charge in [-0.25, -0.2) is 15.0 Å². The van der Waals surface area contributed by atoms with Crippen molar-refractivity contribution in [1.29, 1.82) is 0 Å². The molecular formula is C53H33N3O. The Kier molecular flexibility index (Phi) is 7.78. The van der Waals surface area contributed by atoms with Crippen LogP contribution in [0.5, 0.6) is 0 Å². The lowest BCUT2D eigenvalue weighted by atomic mass is 9.89. The second kappa shape index (κ2) is 13.6. The summed E-state index contributed by atoms with van der Waals surface area (Å²) in [6.45, 7) is 0. The van der Waals surface area contributed by atoms with Gasteiger partial charge in [0.25, 0.3) is 0 Å². The average molecular weight is 728 g/mol. The molecule has 11 rings (SSSR count). The molecule has 0 unspecified atom stereocenters. The van der Waals surface area contributed by atoms with E-state index < -0.39 is 0 Å². The van der Waals surface area contributed by atoms with Gasteiger partial charge < -0.3 is 4.42 Å². The lowest BCUT2D eigenvalue weighted by molar-refractivity contribution is 0.669. The van der Waals surface area contributed by atoms with Gasteiger partial charge in [-0.1, -0.05) is 170 Å². The minimum Gasteiger partial charge on any atom is -0.456 e. The first kappa shape index (κ1) is 32.7. The molecule has 0 aliphatic heterocycles. The Morgan fingerprint density at radius 3 is 1.60 bits per heavy atom. The highest BCUT2D eigenvalue weighted by atomic mass is 16.3. The molecule has 0 spiro atoms. The van der Waals surface area contributed by atoms with Gasteiger partial charge in [-0.2, -0.15) is 0 Å². The third-order valence-corrected chi connectivity index (χ3v) is 10.9. The van der Waals surface area contributed by atoms with E-state index in [1.54, 1.807) is 0 Å². The number of benzene rings is 8. The zero-order valence-electron chi connectivity index (χ0n) is 30.8. The van der Waals surface area contributed by atoms with E-state index in [2.05, 4.69) is 170 Å². The Labute approximate surface area is 329 Å². The molecule has 0 atom stereocenters. The number of hydrogen-bond acceptors (Lipinski definition) is 4. The number of nitrogens with zero attached hydrogens (tertiary/aromatic N) is 3. The average Bonchev–Trinajstić information content (AvgIpc) is 3.67. The van der Waals surface area contributed by atoms with E-state index in [0.717, 1.165) is 99.6 Å². The second-order valence-corrected chi connectivity index (χ2v) is 14.3. The first-order chi connectivity index (χ1) is 28.2. The van der Waals surface area contributed by atoms with E-state index in [9.17, 15) is 0 Å². The summed E-state index contributed by atoms with van der Waals surface area (Å²) in [6, 6.07) is 69.6. The minimum atomic E-state index is 0.658. The van der Waals surface area contributed by atoms with Gasteiger partial charge in [0.05, 0.1) is 22.6 Å². The number of aromatic nitrogens is 3. The summed E-state index contributed by atoms with van der Waals surface area (Å²) in [5.74, 6) is 0.658. The minimum absolute atomic E-state index is 0.658. The van der Waals surface area contributed by atoms with Crippen LogP contribution in [0.4, 0.5) is 0 Å². The quantitative estimate of drug-likeness (QED) is 0.160. The standard InChI is InChI=1S/C53H33N3O/c1-4-15-34(16-5-1)35-27-29-37(30-28-35)46-33-45(36-17-6-2-7-18-36)55-53(56-46)40-22-14-21-39(31-40)49-50-41-23-10-12-25-44(41)54-52(38-19-8-3-9-20-38)43(50)32-48-51(49)42-24-11-13-26-47(42)57-48/h1-33H. The summed E-state index contributed by atoms with van der Waals surface area (Å²) in [6.07, 6.45) is 0. The van der Waals surface area contributed by atoms with Crippen molar-refractivity contribution in [3.8, 4) is 67.4 Å². The van der Waals surface area contributed by atoms with E-state index >= 15 is 0 Å². The van der Waals surface area contributed by atoms with Crippen LogP contribution in [-0.4, -0.2) is 15.0 Å². The highest BCUT2D eigenvalue weighted by Crippen LogP contribution is 2.46. The largest absolute Gasteiger partial charge is 0.456 e. The van der Waals surface area contributed by atoms with Crippen LogP contribution in [0.25, 0.3) is 111 Å². The summed E-state index contributed by atoms with van der Waals surface area (Å²) in [7, 11) is 0. The number of fused-ring (bicyclic) bond motifs is 6. The van der Waals surface area contributed by atoms with Gasteiger partial charge in [0.2, 0.25) is 0 Å². The molecule has 0 fully saturated rings. The molecular weight excluding hydrogens is 695 g/mol. The fourth-order valence-corrected chi connectivity index (χ4v) is 8.18. The number of pyridine rings is 1. The number of hydrogen-bond donors (Lipinski definition) is 0. The van der Waals surface area contributed by atoms with Crippen LogP contribution in [0, 0.1) is 0 Å². The molecule has 0 saturated heterocycles. The Hall–Kier alpha value is -7.69. The first-order valence-corrected chi connectivity index (χ1v) is 19.2. The smallest absolute Gasteiger partial charge is 0.160 e. The maximum absolute atomic E-state index is 6.65. The molecule has 11 aromatic rings. The van der Waals surface area contributed by atoms with Crippen molar-refractivity contribution in [1.82, 2.24) is 15.0 Å². The number of rotatable bonds is 6. The zero-order valence-corrected chi connectivity index (χ0v) is 30.8. The molecule has 0 saturated carbocycles. The molecule has 8 aromatic carbocycles. The molecule has 0 aliphatic carbocycles. The van der Waals surface area contributed by atoms with Gasteiger partial charge in [0.15, 0.2) is 5.82 Å². The molecule has 3 heterocycles. The van der Waals surface area contributed by atoms with Gasteiger partial charge in [0, 0.05) is 54.7 Å². The lowest BCUT2D eigenvalue weighted by Gasteiger charge is -2.16. The molecule has 266 valence electrons. The van der Waals surface area contributed by atoms with Crippen molar-refractivity contribution < 1.29 is 4.42 Å². The van der Waals surface area contributed by atoms with E-state index in [1.165, 1.54) is 5.56 Å². The molecule has 0 aliphatic rings. The van der Waals surface area contributed by atoms with Gasteiger partial charge >= 0.3 is 0 Å². The van der Waals surface area contributed by atoms with Crippen molar-refractivity contribution >= 4 is 43.6 Å². The fraction of sp³-hybridized carbons (Fsp3) is 0. The highest BCUT2D eigenvalue weighted by Gasteiger charge is 2.22. The van der Waals surface area contributed by atoms with Crippen LogP contribution in [0.15, 0.2) is 205 Å². The predicted octanol–water partition coefficient (Wildman–Crippen LogP) is 14.1. The normalized spacial score (nSPS) is 11.5. The molecule has 0 N–H and O–H groups in total. The van der Waals surface area contributed by atoms with Crippen molar-refractivity contribution in [3.05, 3.63) is 200 Å². The van der Waals surface area contributed by atoms with Crippen LogP contribution >= 0.6 is 0 Å². The van der Waals surface area contributed by atoms with Gasteiger partial charge in [-0.15, -0.1) is 0 Å². The van der Waals surface area contributed by atoms with E-state index in [1.807, 2.05) is 30.3 Å². The summed E-state index contributed by atoms with van der Waals surface area (Å²) in [5, 5.41) is 5.40. The second-order valence-electron chi connectivity index (χ2n) is 14.3. The summed E-state index contributed by atoms with van der Waals surface area (Å²) in [4.78, 5) is 15.8. The highest BCUT2D eigenvalue weighted by molar-refractivity contribution is 6.27. The third-order valence-electron chi connectivity index (χ3n) is 10.9. The van der Waals surface area contributed by atoms with E-state index in [-0.39, 0.29) is 0 Å². The maximum atomic E-state index is 6.65. The molecule has 0 radical (unpaired) electrons. The number of para-hydroxylation sites is 2. The summed E-state index contributed by atoms with van der Waals surface area (Å²) < 4.78 is 6.65. The lowest BCUT2D eigenvalue weighted by Crippen LogP contribution is -1.97. The monoisotopic (exact) mass is 727 g/mol. The van der Waals surface area contributed by atoms with Crippen molar-refractivity contribution in [2.45, 2.75) is 0 Å². The SMILES string of the molecule is c1ccc(-c2ccc(-c3cc(-c4ccccc4)nc(-c4cccc(-c5c6c(cc7c(-c8ccccc8)nc8ccccc8c57)oc5ccccc56)c4)n3)cc2)cc1. The fourth-order valence-electron chi connectivity index (χ4n) is 8.18. The van der Waals surface area contributed by atoms with Crippen LogP contribution in [0.1, 0.15) is 0 Å². The van der Waals surface area contributed by atoms with Gasteiger partial charge in [0.1, 0.15) is 11.2 Å². The van der Waals surface area contributed by atoms with Crippen molar-refractivity contribution in [2.24, 2.45) is 0 Å². The molecule has 4 nitrogen and oxygen atoms in total. The Bertz CT molecular complexity index is 3260. The topological polar surface area (TPSA) is 51.8 Å². The van der Waals surface area contributed by atoms with Crippen LogP contribution in [0.3, 0.4) is 0 Å². The first-order valence-electron chi connectivity index (χ1n) is 19.2. The predicted molar refractivity (Wildman–Crippen MR) is 235 cm³/mol. The number of furan rings is 1. The van der Waals surface area contributed by atoms with Crippen molar-refractivity contribution in [2.75, 3.05) is 0 Å². The Morgan fingerprint density at radius 2 is 0.860 bits per heavy atom. The van der Waals surface area contributed by atoms with Gasteiger partial charge in [-0.3, -0.25) is 0 Å². The van der Waals surface area contributed by atoms with Crippen LogP contribution < -0.4 is 0 Å². The maximum Gasteiger partial charge on any atom is 0.160 e. The van der Waals surface area contributed by atoms with E-state index in [0.29, 0.717) is 5.82 Å². The molecule has 0 bridgehead atoms. The van der Waals surface area contributed by atoms with E-state index in [4.69, 9.17) is 19.4 Å². The molecule has 4 heteroatoms. The zero-order chi connectivity index (χ0) is 37.7. The Balaban J connectivity index is 1.16.